The second kappa shape index (κ2) is 8.87. The van der Waals surface area contributed by atoms with Crippen LogP contribution in [-0.2, 0) is 5.41 Å². The number of hydrogen-bond donors (Lipinski definition) is 3. The van der Waals surface area contributed by atoms with E-state index in [9.17, 15) is 10.2 Å². The minimum atomic E-state index is -0.224. The molecule has 0 bridgehead atoms. The van der Waals surface area contributed by atoms with E-state index >= 15 is 0 Å². The molecule has 0 aliphatic heterocycles. The van der Waals surface area contributed by atoms with Gasteiger partial charge in [0.15, 0.2) is 0 Å². The van der Waals surface area contributed by atoms with E-state index in [0.717, 1.165) is 63.4 Å². The molecule has 2 atom stereocenters. The van der Waals surface area contributed by atoms with Crippen molar-refractivity contribution in [3.8, 4) is 5.75 Å². The first-order chi connectivity index (χ1) is 11.4. The maximum Gasteiger partial charge on any atom is 0.119 e. The van der Waals surface area contributed by atoms with Crippen molar-refractivity contribution < 1.29 is 15.3 Å². The first kappa shape index (κ1) is 19.3. The number of phenols is 1. The Bertz CT molecular complexity index is 510. The highest BCUT2D eigenvalue weighted by atomic mass is 16.3. The van der Waals surface area contributed by atoms with Crippen molar-refractivity contribution in [2.24, 2.45) is 0 Å². The molecule has 0 unspecified atom stereocenters. The molecular formula is C21H34O3. The van der Waals surface area contributed by atoms with E-state index in [1.54, 1.807) is 0 Å². The van der Waals surface area contributed by atoms with Crippen LogP contribution < -0.4 is 0 Å². The van der Waals surface area contributed by atoms with Gasteiger partial charge >= 0.3 is 0 Å². The van der Waals surface area contributed by atoms with Gasteiger partial charge in [-0.05, 0) is 60.6 Å². The van der Waals surface area contributed by atoms with Crippen LogP contribution >= 0.6 is 0 Å². The molecule has 1 aliphatic carbocycles. The molecule has 1 aromatic rings. The second-order valence-corrected chi connectivity index (χ2v) is 8.06. The van der Waals surface area contributed by atoms with Crippen molar-refractivity contribution in [3.63, 3.8) is 0 Å². The third-order valence-electron chi connectivity index (χ3n) is 5.61. The molecule has 3 heteroatoms. The lowest BCUT2D eigenvalue weighted by Crippen LogP contribution is -2.19. The highest BCUT2D eigenvalue weighted by Gasteiger charge is 2.26. The molecule has 0 saturated heterocycles. The molecule has 1 fully saturated rings. The fraction of sp³-hybridized carbons (Fsp3) is 0.714. The minimum Gasteiger partial charge on any atom is -0.508 e. The summed E-state index contributed by atoms with van der Waals surface area (Å²) in [7, 11) is 0. The van der Waals surface area contributed by atoms with E-state index in [1.807, 2.05) is 6.07 Å². The lowest BCUT2D eigenvalue weighted by Gasteiger charge is -2.29. The van der Waals surface area contributed by atoms with Crippen LogP contribution in [0.15, 0.2) is 18.2 Å². The number of aromatic hydroxyl groups is 1. The summed E-state index contributed by atoms with van der Waals surface area (Å²) in [6.07, 6.45) is 8.87. The van der Waals surface area contributed by atoms with Crippen molar-refractivity contribution in [3.05, 3.63) is 29.3 Å². The molecule has 1 saturated carbocycles. The monoisotopic (exact) mass is 334 g/mol. The van der Waals surface area contributed by atoms with E-state index < -0.39 is 0 Å². The van der Waals surface area contributed by atoms with Gasteiger partial charge < -0.3 is 15.3 Å². The summed E-state index contributed by atoms with van der Waals surface area (Å²) < 4.78 is 0. The van der Waals surface area contributed by atoms with Crippen LogP contribution in [0.25, 0.3) is 0 Å². The van der Waals surface area contributed by atoms with E-state index in [1.165, 1.54) is 5.56 Å². The maximum atomic E-state index is 10.5. The summed E-state index contributed by atoms with van der Waals surface area (Å²) in [5.74, 6) is 0.671. The molecule has 0 spiro atoms. The molecule has 2 rings (SSSR count). The molecule has 0 heterocycles. The Balaban J connectivity index is 1.99. The van der Waals surface area contributed by atoms with Crippen molar-refractivity contribution >= 4 is 0 Å². The number of unbranched alkanes of at least 4 members (excludes halogenated alkanes) is 3. The molecule has 0 amide bonds. The number of hydrogen-bond acceptors (Lipinski definition) is 3. The Labute approximate surface area is 146 Å². The Morgan fingerprint density at radius 1 is 1.08 bits per heavy atom. The predicted molar refractivity (Wildman–Crippen MR) is 98.5 cm³/mol. The topological polar surface area (TPSA) is 60.7 Å². The molecule has 3 N–H and O–H groups in total. The Morgan fingerprint density at radius 2 is 1.83 bits per heavy atom. The van der Waals surface area contributed by atoms with Gasteiger partial charge in [-0.15, -0.1) is 0 Å². The van der Waals surface area contributed by atoms with Crippen LogP contribution in [0, 0.1) is 0 Å². The van der Waals surface area contributed by atoms with Gasteiger partial charge in [-0.2, -0.15) is 0 Å². The summed E-state index contributed by atoms with van der Waals surface area (Å²) in [6.45, 7) is 4.75. The molecule has 24 heavy (non-hydrogen) atoms. The van der Waals surface area contributed by atoms with E-state index in [2.05, 4.69) is 26.0 Å². The van der Waals surface area contributed by atoms with Crippen LogP contribution in [-0.4, -0.2) is 28.0 Å². The summed E-state index contributed by atoms with van der Waals surface area (Å²) in [6, 6.07) is 6.16. The summed E-state index contributed by atoms with van der Waals surface area (Å²) >= 11 is 0. The standard InChI is InChI=1S/C21H34O3/c1-21(2,12-5-3-4-6-13-22)17-10-11-19(20(24)15-17)16-8-7-9-18(23)14-16/h10-11,15-16,18,22-24H,3-9,12-14H2,1-2H3/t16-,18+/m1/s1. The van der Waals surface area contributed by atoms with Gasteiger partial charge in [0, 0.05) is 6.61 Å². The lowest BCUT2D eigenvalue weighted by molar-refractivity contribution is 0.119. The number of aliphatic hydroxyl groups excluding tert-OH is 2. The van der Waals surface area contributed by atoms with Crippen LogP contribution in [0.4, 0.5) is 0 Å². The lowest BCUT2D eigenvalue weighted by atomic mass is 9.77. The van der Waals surface area contributed by atoms with Crippen molar-refractivity contribution in [1.82, 2.24) is 0 Å². The second-order valence-electron chi connectivity index (χ2n) is 8.06. The van der Waals surface area contributed by atoms with Crippen LogP contribution in [0.3, 0.4) is 0 Å². The molecule has 1 aromatic carbocycles. The number of rotatable bonds is 8. The normalized spacial score (nSPS) is 21.8. The third kappa shape index (κ3) is 5.22. The number of aliphatic hydroxyl groups is 2. The van der Waals surface area contributed by atoms with Crippen molar-refractivity contribution in [2.75, 3.05) is 6.61 Å². The average molecular weight is 335 g/mol. The first-order valence-corrected chi connectivity index (χ1v) is 9.56. The SMILES string of the molecule is CC(C)(CCCCCCO)c1ccc([C@@H]2CCC[C@H](O)C2)c(O)c1. The quantitative estimate of drug-likeness (QED) is 0.607. The predicted octanol–water partition coefficient (Wildman–Crippen LogP) is 4.63. The fourth-order valence-electron chi connectivity index (χ4n) is 3.93. The smallest absolute Gasteiger partial charge is 0.119 e. The summed E-state index contributed by atoms with van der Waals surface area (Å²) in [5, 5.41) is 29.2. The van der Waals surface area contributed by atoms with Gasteiger partial charge in [-0.3, -0.25) is 0 Å². The van der Waals surface area contributed by atoms with Gasteiger partial charge in [0.25, 0.3) is 0 Å². The van der Waals surface area contributed by atoms with Crippen LogP contribution in [0.2, 0.25) is 0 Å². The van der Waals surface area contributed by atoms with Gasteiger partial charge in [0.2, 0.25) is 0 Å². The van der Waals surface area contributed by atoms with E-state index in [4.69, 9.17) is 5.11 Å². The van der Waals surface area contributed by atoms with Crippen LogP contribution in [0.1, 0.15) is 88.7 Å². The molecule has 1 aliphatic rings. The van der Waals surface area contributed by atoms with Crippen LogP contribution in [0.5, 0.6) is 5.75 Å². The largest absolute Gasteiger partial charge is 0.508 e. The Morgan fingerprint density at radius 3 is 2.50 bits per heavy atom. The molecule has 0 aromatic heterocycles. The maximum absolute atomic E-state index is 10.5. The third-order valence-corrected chi connectivity index (χ3v) is 5.61. The number of phenolic OH excluding ortho intramolecular Hbond substituents is 1. The van der Waals surface area contributed by atoms with Crippen molar-refractivity contribution in [1.29, 1.82) is 0 Å². The molecule has 136 valence electrons. The van der Waals surface area contributed by atoms with Gasteiger partial charge in [0.05, 0.1) is 6.10 Å². The molecule has 0 radical (unpaired) electrons. The van der Waals surface area contributed by atoms with Crippen molar-refractivity contribution in [2.45, 2.75) is 89.1 Å². The first-order valence-electron chi connectivity index (χ1n) is 9.56. The van der Waals surface area contributed by atoms with E-state index in [0.29, 0.717) is 5.75 Å². The highest BCUT2D eigenvalue weighted by molar-refractivity contribution is 5.41. The van der Waals surface area contributed by atoms with Gasteiger partial charge in [-0.1, -0.05) is 51.7 Å². The zero-order valence-corrected chi connectivity index (χ0v) is 15.3. The molecular weight excluding hydrogens is 300 g/mol. The Kier molecular flexibility index (Phi) is 7.12. The average Bonchev–Trinajstić information content (AvgIpc) is 2.54. The van der Waals surface area contributed by atoms with Gasteiger partial charge in [0.1, 0.15) is 5.75 Å². The minimum absolute atomic E-state index is 0.0430. The summed E-state index contributed by atoms with van der Waals surface area (Å²) in [5.41, 5.74) is 2.22. The zero-order valence-electron chi connectivity index (χ0n) is 15.3. The summed E-state index contributed by atoms with van der Waals surface area (Å²) in [4.78, 5) is 0. The van der Waals surface area contributed by atoms with E-state index in [-0.39, 0.29) is 24.0 Å². The Hall–Kier alpha value is -1.06. The highest BCUT2D eigenvalue weighted by Crippen LogP contribution is 2.40. The number of benzene rings is 1. The zero-order chi connectivity index (χ0) is 17.6. The molecule has 3 nitrogen and oxygen atoms in total. The fourth-order valence-corrected chi connectivity index (χ4v) is 3.93. The van der Waals surface area contributed by atoms with Gasteiger partial charge in [-0.25, -0.2) is 0 Å².